The molecule has 0 spiro atoms. The fraction of sp³-hybridized carbons (Fsp3) is 0. The fourth-order valence-electron chi connectivity index (χ4n) is 3.01. The molecule has 0 N–H and O–H groups in total. The number of rotatable bonds is 4. The van der Waals surface area contributed by atoms with Crippen LogP contribution >= 0.6 is 23.2 Å². The Balaban J connectivity index is 1.73. The van der Waals surface area contributed by atoms with Gasteiger partial charge in [-0.2, -0.15) is 0 Å². The lowest BCUT2D eigenvalue weighted by Gasteiger charge is -2.05. The standard InChI is InChI=1S/C25H17Cl2N/c26-21-14-12-19(24(27)17-21)13-15-22-16-20(11-10-18-6-2-1-3-7-18)23-8-4-5-9-25(23)28-22/h1-17H/b11-10+,15-13+. The number of halogens is 2. The maximum Gasteiger partial charge on any atom is 0.0715 e. The highest BCUT2D eigenvalue weighted by Crippen LogP contribution is 2.25. The number of fused-ring (bicyclic) bond motifs is 1. The second-order valence-electron chi connectivity index (χ2n) is 6.40. The van der Waals surface area contributed by atoms with Gasteiger partial charge in [-0.15, -0.1) is 0 Å². The van der Waals surface area contributed by atoms with Crippen LogP contribution in [-0.2, 0) is 0 Å². The van der Waals surface area contributed by atoms with Gasteiger partial charge in [-0.3, -0.25) is 0 Å². The first-order valence-corrected chi connectivity index (χ1v) is 9.71. The summed E-state index contributed by atoms with van der Waals surface area (Å²) in [6.45, 7) is 0. The van der Waals surface area contributed by atoms with E-state index in [1.165, 1.54) is 0 Å². The van der Waals surface area contributed by atoms with E-state index in [1.807, 2.05) is 60.7 Å². The molecule has 0 saturated carbocycles. The summed E-state index contributed by atoms with van der Waals surface area (Å²) in [7, 11) is 0. The summed E-state index contributed by atoms with van der Waals surface area (Å²) in [5.41, 5.74) is 5.02. The number of pyridine rings is 1. The van der Waals surface area contributed by atoms with Gasteiger partial charge < -0.3 is 0 Å². The van der Waals surface area contributed by atoms with Crippen LogP contribution in [0.3, 0.4) is 0 Å². The molecule has 136 valence electrons. The Kier molecular flexibility index (Phi) is 5.57. The van der Waals surface area contributed by atoms with Crippen LogP contribution in [0.2, 0.25) is 10.0 Å². The molecule has 1 aromatic heterocycles. The molecule has 3 aromatic carbocycles. The molecule has 0 fully saturated rings. The Bertz CT molecular complexity index is 1180. The second-order valence-corrected chi connectivity index (χ2v) is 7.24. The van der Waals surface area contributed by atoms with Crippen molar-refractivity contribution in [3.63, 3.8) is 0 Å². The lowest BCUT2D eigenvalue weighted by Crippen LogP contribution is -1.87. The molecule has 0 atom stereocenters. The molecule has 0 aliphatic heterocycles. The molecule has 0 saturated heterocycles. The van der Waals surface area contributed by atoms with Crippen LogP contribution in [-0.4, -0.2) is 4.98 Å². The minimum Gasteiger partial charge on any atom is -0.248 e. The van der Waals surface area contributed by atoms with Crippen LogP contribution in [0.25, 0.3) is 35.2 Å². The smallest absolute Gasteiger partial charge is 0.0715 e. The van der Waals surface area contributed by atoms with Gasteiger partial charge in [0.25, 0.3) is 0 Å². The fourth-order valence-corrected chi connectivity index (χ4v) is 3.48. The zero-order valence-corrected chi connectivity index (χ0v) is 16.5. The third-order valence-electron chi connectivity index (χ3n) is 4.42. The van der Waals surface area contributed by atoms with Gasteiger partial charge in [0.1, 0.15) is 0 Å². The van der Waals surface area contributed by atoms with Crippen LogP contribution in [0, 0.1) is 0 Å². The number of benzene rings is 3. The minimum absolute atomic E-state index is 0.619. The first kappa shape index (κ1) is 18.5. The SMILES string of the molecule is Clc1ccc(/C=C/c2cc(/C=C/c3ccccc3)c3ccccc3n2)c(Cl)c1. The van der Waals surface area contributed by atoms with Crippen LogP contribution in [0.15, 0.2) is 78.9 Å². The Morgan fingerprint density at radius 1 is 0.643 bits per heavy atom. The molecule has 0 amide bonds. The normalized spacial score (nSPS) is 11.6. The molecule has 1 nitrogen and oxygen atoms in total. The average Bonchev–Trinajstić information content (AvgIpc) is 2.72. The summed E-state index contributed by atoms with van der Waals surface area (Å²) in [5, 5.41) is 2.37. The van der Waals surface area contributed by atoms with Gasteiger partial charge >= 0.3 is 0 Å². The van der Waals surface area contributed by atoms with E-state index in [1.54, 1.807) is 6.07 Å². The van der Waals surface area contributed by atoms with E-state index >= 15 is 0 Å². The number of nitrogens with zero attached hydrogens (tertiary/aromatic N) is 1. The summed E-state index contributed by atoms with van der Waals surface area (Å²) in [6, 6.07) is 26.0. The molecule has 0 unspecified atom stereocenters. The van der Waals surface area contributed by atoms with E-state index in [-0.39, 0.29) is 0 Å². The molecule has 0 aliphatic rings. The molecule has 0 radical (unpaired) electrons. The number of hydrogen-bond donors (Lipinski definition) is 0. The van der Waals surface area contributed by atoms with Crippen molar-refractivity contribution in [1.29, 1.82) is 0 Å². The minimum atomic E-state index is 0.619. The molecule has 3 heteroatoms. The van der Waals surface area contributed by atoms with Gasteiger partial charge in [-0.25, -0.2) is 4.98 Å². The predicted octanol–water partition coefficient (Wildman–Crippen LogP) is 7.88. The van der Waals surface area contributed by atoms with Gasteiger partial charge in [-0.05, 0) is 47.0 Å². The van der Waals surface area contributed by atoms with Gasteiger partial charge in [0.2, 0.25) is 0 Å². The van der Waals surface area contributed by atoms with Crippen molar-refractivity contribution < 1.29 is 0 Å². The molecular weight excluding hydrogens is 385 g/mol. The van der Waals surface area contributed by atoms with Crippen LogP contribution in [0.1, 0.15) is 22.4 Å². The van der Waals surface area contributed by atoms with E-state index in [4.69, 9.17) is 28.2 Å². The third kappa shape index (κ3) is 4.33. The highest BCUT2D eigenvalue weighted by Gasteiger charge is 2.03. The van der Waals surface area contributed by atoms with Gasteiger partial charge in [0, 0.05) is 15.4 Å². The molecule has 4 rings (SSSR count). The van der Waals surface area contributed by atoms with Crippen molar-refractivity contribution >= 4 is 58.4 Å². The van der Waals surface area contributed by atoms with Crippen molar-refractivity contribution in [2.45, 2.75) is 0 Å². The average molecular weight is 402 g/mol. The van der Waals surface area contributed by atoms with Crippen molar-refractivity contribution in [2.24, 2.45) is 0 Å². The highest BCUT2D eigenvalue weighted by molar-refractivity contribution is 6.35. The van der Waals surface area contributed by atoms with E-state index in [0.717, 1.165) is 33.3 Å². The molecule has 4 aromatic rings. The van der Waals surface area contributed by atoms with Gasteiger partial charge in [0.05, 0.1) is 11.2 Å². The van der Waals surface area contributed by atoms with Gasteiger partial charge in [-0.1, -0.05) is 96.0 Å². The van der Waals surface area contributed by atoms with Crippen molar-refractivity contribution in [3.05, 3.63) is 111 Å². The maximum absolute atomic E-state index is 6.27. The first-order chi connectivity index (χ1) is 13.7. The Morgan fingerprint density at radius 2 is 1.39 bits per heavy atom. The number of hydrogen-bond acceptors (Lipinski definition) is 1. The van der Waals surface area contributed by atoms with Crippen molar-refractivity contribution in [2.75, 3.05) is 0 Å². The monoisotopic (exact) mass is 401 g/mol. The predicted molar refractivity (Wildman–Crippen MR) is 123 cm³/mol. The molecule has 0 aliphatic carbocycles. The lowest BCUT2D eigenvalue weighted by molar-refractivity contribution is 1.37. The molecule has 1 heterocycles. The summed E-state index contributed by atoms with van der Waals surface area (Å²) < 4.78 is 0. The zero-order valence-electron chi connectivity index (χ0n) is 15.0. The quantitative estimate of drug-likeness (QED) is 0.338. The first-order valence-electron chi connectivity index (χ1n) is 8.95. The summed E-state index contributed by atoms with van der Waals surface area (Å²) in [5.74, 6) is 0. The van der Waals surface area contributed by atoms with Crippen molar-refractivity contribution in [3.8, 4) is 0 Å². The zero-order chi connectivity index (χ0) is 19.3. The Labute approximate surface area is 174 Å². The van der Waals surface area contributed by atoms with E-state index in [2.05, 4.69) is 36.4 Å². The summed E-state index contributed by atoms with van der Waals surface area (Å²) in [4.78, 5) is 4.76. The second kappa shape index (κ2) is 8.43. The lowest BCUT2D eigenvalue weighted by atomic mass is 10.1. The Morgan fingerprint density at radius 3 is 2.21 bits per heavy atom. The van der Waals surface area contributed by atoms with E-state index in [0.29, 0.717) is 10.0 Å². The van der Waals surface area contributed by atoms with Crippen molar-refractivity contribution in [1.82, 2.24) is 4.98 Å². The van der Waals surface area contributed by atoms with Gasteiger partial charge in [0.15, 0.2) is 0 Å². The molecular formula is C25H17Cl2N. The highest BCUT2D eigenvalue weighted by atomic mass is 35.5. The van der Waals surface area contributed by atoms with E-state index in [9.17, 15) is 0 Å². The number of aromatic nitrogens is 1. The third-order valence-corrected chi connectivity index (χ3v) is 4.98. The molecule has 28 heavy (non-hydrogen) atoms. The van der Waals surface area contributed by atoms with Crippen LogP contribution in [0.4, 0.5) is 0 Å². The largest absolute Gasteiger partial charge is 0.248 e. The maximum atomic E-state index is 6.27. The Hall–Kier alpha value is -2.87. The van der Waals surface area contributed by atoms with Crippen LogP contribution < -0.4 is 0 Å². The summed E-state index contributed by atoms with van der Waals surface area (Å²) >= 11 is 12.2. The summed E-state index contributed by atoms with van der Waals surface area (Å²) in [6.07, 6.45) is 8.18. The number of para-hydroxylation sites is 1. The van der Waals surface area contributed by atoms with Crippen LogP contribution in [0.5, 0.6) is 0 Å². The van der Waals surface area contributed by atoms with E-state index < -0.39 is 0 Å². The topological polar surface area (TPSA) is 12.9 Å². The molecule has 0 bridgehead atoms.